The Kier molecular flexibility index (Phi) is 10.6. The number of carbonyl (C=O) groups excluding carboxylic acids is 1. The summed E-state index contributed by atoms with van der Waals surface area (Å²) in [5.41, 5.74) is 3.93. The van der Waals surface area contributed by atoms with Crippen molar-refractivity contribution < 1.29 is 39.1 Å². The van der Waals surface area contributed by atoms with Crippen LogP contribution in [-0.4, -0.2) is 34.4 Å². The van der Waals surface area contributed by atoms with E-state index < -0.39 is 24.2 Å². The average Bonchev–Trinajstić information content (AvgIpc) is 2.98. The Morgan fingerprint density at radius 2 is 1.21 bits per heavy atom. The van der Waals surface area contributed by atoms with Crippen molar-refractivity contribution in [3.05, 3.63) is 142 Å². The minimum Gasteiger partial charge on any atom is -0.478 e. The van der Waals surface area contributed by atoms with Gasteiger partial charge in [0.2, 0.25) is 6.29 Å². The van der Waals surface area contributed by atoms with E-state index in [1.807, 2.05) is 67.6 Å². The van der Waals surface area contributed by atoms with Gasteiger partial charge in [-0.1, -0.05) is 92.2 Å². The highest BCUT2D eigenvalue weighted by Gasteiger charge is 2.23. The molecule has 8 heteroatoms. The number of carboxylic acids is 2. The van der Waals surface area contributed by atoms with Crippen LogP contribution in [0.15, 0.2) is 97.1 Å². The summed E-state index contributed by atoms with van der Waals surface area (Å²) in [7, 11) is 0. The van der Waals surface area contributed by atoms with Gasteiger partial charge in [-0.15, -0.1) is 0 Å². The summed E-state index contributed by atoms with van der Waals surface area (Å²) in [4.78, 5) is 47.6. The average molecular weight is 569 g/mol. The van der Waals surface area contributed by atoms with Crippen LogP contribution in [0.3, 0.4) is 0 Å². The van der Waals surface area contributed by atoms with Crippen molar-refractivity contribution in [2.24, 2.45) is 0 Å². The first-order chi connectivity index (χ1) is 20.3. The lowest BCUT2D eigenvalue weighted by atomic mass is 9.99. The lowest BCUT2D eigenvalue weighted by molar-refractivity contribution is -0.375. The van der Waals surface area contributed by atoms with Crippen molar-refractivity contribution in [3.63, 3.8) is 0 Å². The second kappa shape index (κ2) is 14.7. The molecule has 0 amide bonds. The Bertz CT molecular complexity index is 1520. The van der Waals surface area contributed by atoms with Crippen LogP contribution in [-0.2, 0) is 34.0 Å². The van der Waals surface area contributed by atoms with Gasteiger partial charge in [0.05, 0.1) is 16.7 Å². The minimum absolute atomic E-state index is 0.0702. The number of benzene rings is 4. The molecule has 0 radical (unpaired) electrons. The van der Waals surface area contributed by atoms with Crippen LogP contribution in [0.4, 0.5) is 0 Å². The van der Waals surface area contributed by atoms with E-state index in [0.29, 0.717) is 24.8 Å². The summed E-state index contributed by atoms with van der Waals surface area (Å²) in [6.45, 7) is 1.66. The highest BCUT2D eigenvalue weighted by Crippen LogP contribution is 2.21. The number of carboxylic acid groups (broad SMARTS) is 2. The third-order valence-corrected chi connectivity index (χ3v) is 6.59. The number of aromatic carboxylic acids is 2. The molecule has 4 rings (SSSR count). The molecule has 42 heavy (non-hydrogen) atoms. The van der Waals surface area contributed by atoms with Gasteiger partial charge in [-0.05, 0) is 58.9 Å². The first-order valence-corrected chi connectivity index (χ1v) is 13.6. The van der Waals surface area contributed by atoms with E-state index >= 15 is 0 Å². The van der Waals surface area contributed by atoms with Crippen LogP contribution < -0.4 is 0 Å². The van der Waals surface area contributed by atoms with E-state index in [1.54, 1.807) is 18.2 Å². The first kappa shape index (κ1) is 30.2. The molecule has 0 fully saturated rings. The van der Waals surface area contributed by atoms with Gasteiger partial charge >= 0.3 is 17.9 Å². The lowest BCUT2D eigenvalue weighted by Crippen LogP contribution is -2.23. The van der Waals surface area contributed by atoms with Crippen molar-refractivity contribution in [1.29, 1.82) is 0 Å². The molecule has 1 atom stereocenters. The van der Waals surface area contributed by atoms with E-state index in [4.69, 9.17) is 14.5 Å². The van der Waals surface area contributed by atoms with Gasteiger partial charge in [-0.2, -0.15) is 4.89 Å². The first-order valence-electron chi connectivity index (χ1n) is 13.6. The normalized spacial score (nSPS) is 11.5. The van der Waals surface area contributed by atoms with Crippen LogP contribution in [0.2, 0.25) is 0 Å². The summed E-state index contributed by atoms with van der Waals surface area (Å²) in [5.74, 6) is -3.22. The van der Waals surface area contributed by atoms with Crippen molar-refractivity contribution in [1.82, 2.24) is 0 Å². The fourth-order valence-corrected chi connectivity index (χ4v) is 4.52. The van der Waals surface area contributed by atoms with Gasteiger partial charge in [0.25, 0.3) is 0 Å². The molecule has 1 unspecified atom stereocenters. The van der Waals surface area contributed by atoms with Crippen LogP contribution in [0.1, 0.15) is 78.7 Å². The number of carbonyl (C=O) groups is 3. The van der Waals surface area contributed by atoms with Crippen molar-refractivity contribution in [2.75, 3.05) is 0 Å². The fraction of sp³-hybridized carbons (Fsp3) is 0.206. The number of hydrogen-bond acceptors (Lipinski definition) is 6. The van der Waals surface area contributed by atoms with E-state index in [9.17, 15) is 24.6 Å². The molecular weight excluding hydrogens is 536 g/mol. The van der Waals surface area contributed by atoms with Gasteiger partial charge in [0.15, 0.2) is 0 Å². The minimum atomic E-state index is -1.26. The zero-order chi connectivity index (χ0) is 29.9. The smallest absolute Gasteiger partial charge is 0.341 e. The van der Waals surface area contributed by atoms with Crippen LogP contribution in [0.25, 0.3) is 0 Å². The quantitative estimate of drug-likeness (QED) is 0.0747. The number of esters is 1. The Hall–Kier alpha value is -4.79. The molecule has 0 heterocycles. The van der Waals surface area contributed by atoms with E-state index in [2.05, 4.69) is 0 Å². The van der Waals surface area contributed by atoms with Gasteiger partial charge in [0.1, 0.15) is 6.61 Å². The van der Waals surface area contributed by atoms with Crippen LogP contribution >= 0.6 is 0 Å². The maximum absolute atomic E-state index is 13.2. The predicted octanol–water partition coefficient (Wildman–Crippen LogP) is 6.70. The second-order valence-electron chi connectivity index (χ2n) is 9.79. The molecule has 0 spiro atoms. The third kappa shape index (κ3) is 8.36. The van der Waals surface area contributed by atoms with Crippen molar-refractivity contribution >= 4 is 17.9 Å². The molecule has 2 N–H and O–H groups in total. The van der Waals surface area contributed by atoms with Crippen LogP contribution in [0, 0.1) is 0 Å². The Labute approximate surface area is 244 Å². The molecule has 0 aliphatic rings. The molecule has 4 aromatic carbocycles. The predicted molar refractivity (Wildman–Crippen MR) is 155 cm³/mol. The maximum atomic E-state index is 13.2. The molecule has 4 aromatic rings. The van der Waals surface area contributed by atoms with E-state index in [1.165, 1.54) is 18.2 Å². The zero-order valence-corrected chi connectivity index (χ0v) is 23.2. The fourth-order valence-electron chi connectivity index (χ4n) is 4.52. The molecular formula is C34H32O8. The van der Waals surface area contributed by atoms with Gasteiger partial charge in [0, 0.05) is 6.42 Å². The molecule has 0 bridgehead atoms. The Balaban J connectivity index is 1.45. The molecule has 0 aromatic heterocycles. The number of rotatable bonds is 14. The Morgan fingerprint density at radius 1 is 0.667 bits per heavy atom. The monoisotopic (exact) mass is 568 g/mol. The van der Waals surface area contributed by atoms with Crippen molar-refractivity contribution in [2.45, 2.75) is 45.5 Å². The summed E-state index contributed by atoms with van der Waals surface area (Å²) in [6.07, 6.45) is 0.836. The molecule has 0 aliphatic carbocycles. The highest BCUT2D eigenvalue weighted by molar-refractivity contribution is 6.02. The topological polar surface area (TPSA) is 119 Å². The molecule has 0 aliphatic heterocycles. The molecule has 0 saturated heterocycles. The van der Waals surface area contributed by atoms with Crippen molar-refractivity contribution in [3.8, 4) is 0 Å². The second-order valence-corrected chi connectivity index (χ2v) is 9.79. The zero-order valence-electron chi connectivity index (χ0n) is 23.2. The number of ether oxygens (including phenoxy) is 1. The summed E-state index contributed by atoms with van der Waals surface area (Å²) in [6, 6.07) is 29.0. The SMILES string of the molecule is CCCC(OOCc1cc(Cc2ccccc2)ccc1C(=O)O)OC(=O)c1cc(Cc2ccccc2)ccc1C(=O)O. The van der Waals surface area contributed by atoms with Crippen LogP contribution in [0.5, 0.6) is 0 Å². The number of hydrogen-bond donors (Lipinski definition) is 2. The third-order valence-electron chi connectivity index (χ3n) is 6.59. The maximum Gasteiger partial charge on any atom is 0.341 e. The lowest BCUT2D eigenvalue weighted by Gasteiger charge is -2.18. The molecule has 0 saturated carbocycles. The molecule has 8 nitrogen and oxygen atoms in total. The van der Waals surface area contributed by atoms with Gasteiger partial charge in [-0.25, -0.2) is 19.3 Å². The van der Waals surface area contributed by atoms with E-state index in [0.717, 1.165) is 22.3 Å². The Morgan fingerprint density at radius 3 is 1.76 bits per heavy atom. The molecule has 216 valence electrons. The summed E-state index contributed by atoms with van der Waals surface area (Å²) >= 11 is 0. The van der Waals surface area contributed by atoms with Gasteiger partial charge in [-0.3, -0.25) is 0 Å². The standard InChI is InChI=1S/C34H32O8/c1-2-9-31(41-34(39)30-21-26(15-17-29(30)33(37)38)19-24-12-7-4-8-13-24)42-40-22-27-20-25(14-16-28(27)32(35)36)18-23-10-5-3-6-11-23/h3-8,10-17,20-21,31H,2,9,18-19,22H2,1H3,(H,35,36)(H,37,38). The van der Waals surface area contributed by atoms with Gasteiger partial charge < -0.3 is 14.9 Å². The highest BCUT2D eigenvalue weighted by atomic mass is 17.2. The largest absolute Gasteiger partial charge is 0.478 e. The summed E-state index contributed by atoms with van der Waals surface area (Å²) < 4.78 is 5.53. The summed E-state index contributed by atoms with van der Waals surface area (Å²) in [5, 5.41) is 19.3. The van der Waals surface area contributed by atoms with E-state index in [-0.39, 0.29) is 29.7 Å².